The second kappa shape index (κ2) is 10.6. The van der Waals surface area contributed by atoms with Crippen LogP contribution in [0.4, 0.5) is 5.69 Å². The number of benzene rings is 3. The Balaban J connectivity index is 1.96. The van der Waals surface area contributed by atoms with Gasteiger partial charge in [0.1, 0.15) is 16.5 Å². The maximum Gasteiger partial charge on any atom is 0.273 e. The van der Waals surface area contributed by atoms with Crippen molar-refractivity contribution in [3.8, 4) is 17.5 Å². The zero-order valence-electron chi connectivity index (χ0n) is 18.3. The lowest BCUT2D eigenvalue weighted by atomic mass is 10.2. The van der Waals surface area contributed by atoms with Crippen LogP contribution in [0, 0.1) is 11.3 Å². The SMILES string of the molecule is COc1ccccc1NC(=O)/C(C#N)=c1\s/c(=C\c2ccc(Cl)cc2Cl)c(=O)n1-c1ccccc1. The zero-order chi connectivity index (χ0) is 24.9. The summed E-state index contributed by atoms with van der Waals surface area (Å²) in [6.07, 6.45) is 1.61. The molecule has 0 aliphatic rings. The number of hydrogen-bond donors (Lipinski definition) is 1. The minimum absolute atomic E-state index is 0.187. The molecule has 1 amide bonds. The summed E-state index contributed by atoms with van der Waals surface area (Å²) < 4.78 is 7.11. The Labute approximate surface area is 214 Å². The standard InChI is InChI=1S/C26H17Cl2N3O3S/c1-34-22-10-6-5-9-21(22)30-24(32)19(15-29)26-31(18-7-3-2-4-8-18)25(33)23(35-26)13-16-11-12-17(27)14-20(16)28/h2-14H,1H3,(H,30,32)/b23-13-,26-19-. The topological polar surface area (TPSA) is 84.1 Å². The molecule has 0 fully saturated rings. The lowest BCUT2D eigenvalue weighted by Crippen LogP contribution is -2.32. The van der Waals surface area contributed by atoms with Crippen LogP contribution in [-0.2, 0) is 4.79 Å². The van der Waals surface area contributed by atoms with E-state index in [1.54, 1.807) is 72.8 Å². The van der Waals surface area contributed by atoms with E-state index in [-0.39, 0.29) is 15.8 Å². The number of nitrogens with zero attached hydrogens (tertiary/aromatic N) is 2. The third-order valence-corrected chi connectivity index (χ3v) is 6.65. The molecule has 1 aromatic heterocycles. The molecule has 0 atom stereocenters. The number of carbonyl (C=O) groups excluding carboxylic acids is 1. The van der Waals surface area contributed by atoms with E-state index in [0.29, 0.717) is 37.3 Å². The average Bonchev–Trinajstić information content (AvgIpc) is 3.17. The smallest absolute Gasteiger partial charge is 0.273 e. The normalized spacial score (nSPS) is 12.1. The predicted octanol–water partition coefficient (Wildman–Crippen LogP) is 4.36. The highest BCUT2D eigenvalue weighted by Crippen LogP contribution is 2.24. The summed E-state index contributed by atoms with van der Waals surface area (Å²) in [6, 6.07) is 22.5. The van der Waals surface area contributed by atoms with Crippen molar-refractivity contribution >= 4 is 57.8 Å². The number of thiazole rings is 1. The first-order chi connectivity index (χ1) is 16.9. The van der Waals surface area contributed by atoms with Gasteiger partial charge in [-0.25, -0.2) is 0 Å². The molecule has 0 saturated heterocycles. The van der Waals surface area contributed by atoms with Gasteiger partial charge in [0.05, 0.1) is 23.0 Å². The van der Waals surface area contributed by atoms with Crippen molar-refractivity contribution in [1.82, 2.24) is 4.57 Å². The molecule has 3 aromatic carbocycles. The molecule has 0 saturated carbocycles. The summed E-state index contributed by atoms with van der Waals surface area (Å²) in [6.45, 7) is 0. The number of nitrogens with one attached hydrogen (secondary N) is 1. The Hall–Kier alpha value is -3.83. The number of aromatic nitrogens is 1. The molecule has 0 bridgehead atoms. The van der Waals surface area contributed by atoms with Crippen molar-refractivity contribution in [2.75, 3.05) is 12.4 Å². The molecule has 4 aromatic rings. The summed E-state index contributed by atoms with van der Waals surface area (Å²) in [5.74, 6) is -0.227. The lowest BCUT2D eigenvalue weighted by molar-refractivity contribution is -0.111. The fourth-order valence-corrected chi connectivity index (χ4v) is 4.91. The number of ether oxygens (including phenoxy) is 1. The van der Waals surface area contributed by atoms with Crippen molar-refractivity contribution in [3.63, 3.8) is 0 Å². The molecule has 4 rings (SSSR count). The van der Waals surface area contributed by atoms with Gasteiger partial charge in [-0.15, -0.1) is 11.3 Å². The number of hydrogen-bond acceptors (Lipinski definition) is 5. The summed E-state index contributed by atoms with van der Waals surface area (Å²) in [5.41, 5.74) is 0.892. The Morgan fingerprint density at radius 1 is 1.09 bits per heavy atom. The number of halogens is 2. The molecule has 0 aliphatic carbocycles. The third-order valence-electron chi connectivity index (χ3n) is 4.99. The Bertz CT molecular complexity index is 1640. The van der Waals surface area contributed by atoms with Crippen LogP contribution in [-0.4, -0.2) is 17.6 Å². The fourth-order valence-electron chi connectivity index (χ4n) is 3.35. The van der Waals surface area contributed by atoms with Gasteiger partial charge in [0.15, 0.2) is 5.57 Å². The molecular weight excluding hydrogens is 505 g/mol. The van der Waals surface area contributed by atoms with E-state index in [1.165, 1.54) is 11.7 Å². The Morgan fingerprint density at radius 3 is 2.49 bits per heavy atom. The van der Waals surface area contributed by atoms with Crippen molar-refractivity contribution < 1.29 is 9.53 Å². The number of para-hydroxylation sites is 3. The van der Waals surface area contributed by atoms with Gasteiger partial charge in [-0.1, -0.05) is 59.6 Å². The molecule has 0 spiro atoms. The number of methoxy groups -OCH3 is 1. The van der Waals surface area contributed by atoms with Gasteiger partial charge in [-0.2, -0.15) is 5.26 Å². The minimum atomic E-state index is -0.668. The van der Waals surface area contributed by atoms with E-state index >= 15 is 0 Å². The fraction of sp³-hybridized carbons (Fsp3) is 0.0385. The van der Waals surface area contributed by atoms with Crippen LogP contribution in [0.5, 0.6) is 5.75 Å². The number of anilines is 1. The van der Waals surface area contributed by atoms with Gasteiger partial charge in [-0.05, 0) is 48.0 Å². The van der Waals surface area contributed by atoms with E-state index in [2.05, 4.69) is 5.32 Å². The van der Waals surface area contributed by atoms with Gasteiger partial charge >= 0.3 is 0 Å². The molecule has 1 N–H and O–H groups in total. The molecule has 0 radical (unpaired) electrons. The molecule has 0 aliphatic heterocycles. The highest BCUT2D eigenvalue weighted by Gasteiger charge is 2.18. The molecule has 9 heteroatoms. The van der Waals surface area contributed by atoms with E-state index in [0.717, 1.165) is 11.3 Å². The second-order valence-electron chi connectivity index (χ2n) is 7.20. The van der Waals surface area contributed by atoms with Gasteiger partial charge in [0, 0.05) is 10.0 Å². The van der Waals surface area contributed by atoms with Crippen LogP contribution in [0.1, 0.15) is 5.56 Å². The molecule has 174 valence electrons. The van der Waals surface area contributed by atoms with Crippen molar-refractivity contribution in [3.05, 3.63) is 108 Å². The number of rotatable bonds is 5. The lowest BCUT2D eigenvalue weighted by Gasteiger charge is -2.09. The second-order valence-corrected chi connectivity index (χ2v) is 9.07. The number of amides is 1. The van der Waals surface area contributed by atoms with E-state index in [9.17, 15) is 14.9 Å². The van der Waals surface area contributed by atoms with Gasteiger partial charge in [0.2, 0.25) is 0 Å². The highest BCUT2D eigenvalue weighted by atomic mass is 35.5. The maximum atomic E-state index is 13.5. The molecule has 1 heterocycles. The van der Waals surface area contributed by atoms with Crippen LogP contribution in [0.2, 0.25) is 10.0 Å². The van der Waals surface area contributed by atoms with Gasteiger partial charge in [-0.3, -0.25) is 14.2 Å². The van der Waals surface area contributed by atoms with Gasteiger partial charge < -0.3 is 10.1 Å². The summed E-state index contributed by atoms with van der Waals surface area (Å²) in [5, 5.41) is 13.5. The van der Waals surface area contributed by atoms with E-state index in [4.69, 9.17) is 27.9 Å². The first-order valence-corrected chi connectivity index (χ1v) is 11.8. The van der Waals surface area contributed by atoms with Crippen LogP contribution < -0.4 is 24.8 Å². The molecule has 35 heavy (non-hydrogen) atoms. The number of nitriles is 1. The number of carbonyl (C=O) groups is 1. The van der Waals surface area contributed by atoms with Crippen molar-refractivity contribution in [2.24, 2.45) is 0 Å². The predicted molar refractivity (Wildman–Crippen MR) is 140 cm³/mol. The van der Waals surface area contributed by atoms with E-state index in [1.807, 2.05) is 12.1 Å². The maximum absolute atomic E-state index is 13.5. The monoisotopic (exact) mass is 521 g/mol. The first-order valence-electron chi connectivity index (χ1n) is 10.3. The van der Waals surface area contributed by atoms with Crippen LogP contribution >= 0.6 is 34.5 Å². The molecule has 6 nitrogen and oxygen atoms in total. The van der Waals surface area contributed by atoms with Crippen LogP contribution in [0.3, 0.4) is 0 Å². The Kier molecular flexibility index (Phi) is 7.37. The first kappa shape index (κ1) is 24.3. The average molecular weight is 522 g/mol. The summed E-state index contributed by atoms with van der Waals surface area (Å²) in [7, 11) is 1.48. The third kappa shape index (κ3) is 5.15. The van der Waals surface area contributed by atoms with Crippen molar-refractivity contribution in [1.29, 1.82) is 5.26 Å². The largest absolute Gasteiger partial charge is 0.495 e. The van der Waals surface area contributed by atoms with Crippen molar-refractivity contribution in [2.45, 2.75) is 0 Å². The summed E-state index contributed by atoms with van der Waals surface area (Å²) in [4.78, 5) is 26.7. The molecular formula is C26H17Cl2N3O3S. The quantitative estimate of drug-likeness (QED) is 0.423. The van der Waals surface area contributed by atoms with Gasteiger partial charge in [0.25, 0.3) is 11.5 Å². The molecule has 0 unspecified atom stereocenters. The minimum Gasteiger partial charge on any atom is -0.495 e. The van der Waals surface area contributed by atoms with Crippen LogP contribution in [0.25, 0.3) is 17.3 Å². The summed E-state index contributed by atoms with van der Waals surface area (Å²) >= 11 is 13.3. The van der Waals surface area contributed by atoms with E-state index < -0.39 is 5.91 Å². The zero-order valence-corrected chi connectivity index (χ0v) is 20.6. The van der Waals surface area contributed by atoms with Crippen LogP contribution in [0.15, 0.2) is 77.6 Å². The highest BCUT2D eigenvalue weighted by molar-refractivity contribution is 7.07. The Morgan fingerprint density at radius 2 is 1.80 bits per heavy atom.